The van der Waals surface area contributed by atoms with E-state index in [-0.39, 0.29) is 11.8 Å². The van der Waals surface area contributed by atoms with Crippen molar-refractivity contribution >= 4 is 22.7 Å². The molecule has 1 aliphatic rings. The maximum atomic E-state index is 13.5. The Morgan fingerprint density at radius 2 is 1.80 bits per heavy atom. The Morgan fingerprint density at radius 3 is 2.53 bits per heavy atom. The minimum Gasteiger partial charge on any atom is -0.350 e. The number of benzene rings is 2. The largest absolute Gasteiger partial charge is 0.350 e. The zero-order valence-corrected chi connectivity index (χ0v) is 17.9. The Balaban J connectivity index is 1.68. The molecule has 2 amide bonds. The molecule has 156 valence electrons. The Labute approximate surface area is 177 Å². The number of para-hydroxylation sites is 1. The summed E-state index contributed by atoms with van der Waals surface area (Å²) in [4.78, 5) is 28.7. The Hall–Kier alpha value is -3.08. The van der Waals surface area contributed by atoms with E-state index in [9.17, 15) is 9.59 Å². The Kier molecular flexibility index (Phi) is 5.37. The van der Waals surface area contributed by atoms with E-state index in [4.69, 9.17) is 0 Å². The highest BCUT2D eigenvalue weighted by Crippen LogP contribution is 2.32. The van der Waals surface area contributed by atoms with E-state index < -0.39 is 5.54 Å². The molecule has 0 saturated carbocycles. The highest BCUT2D eigenvalue weighted by atomic mass is 16.2. The molecule has 5 heteroatoms. The summed E-state index contributed by atoms with van der Waals surface area (Å²) in [5.41, 5.74) is 1.74. The molecule has 1 aliphatic heterocycles. The third-order valence-electron chi connectivity index (χ3n) is 6.05. The number of nitrogens with zero attached hydrogens (tertiary/aromatic N) is 2. The molecule has 1 atom stereocenters. The minimum atomic E-state index is -0.949. The van der Waals surface area contributed by atoms with Gasteiger partial charge in [0.25, 0.3) is 5.91 Å². The third-order valence-corrected chi connectivity index (χ3v) is 6.05. The second-order valence-electron chi connectivity index (χ2n) is 8.76. The number of aromatic nitrogens is 1. The van der Waals surface area contributed by atoms with Gasteiger partial charge in [0.05, 0.1) is 6.54 Å². The van der Waals surface area contributed by atoms with Gasteiger partial charge in [-0.3, -0.25) is 9.59 Å². The maximum Gasteiger partial charge on any atom is 0.271 e. The van der Waals surface area contributed by atoms with Crippen LogP contribution in [0.5, 0.6) is 0 Å². The fraction of sp³-hybridized carbons (Fsp3) is 0.360. The highest BCUT2D eigenvalue weighted by molar-refractivity contribution is 6.03. The topological polar surface area (TPSA) is 54.3 Å². The molecule has 4 rings (SSSR count). The van der Waals surface area contributed by atoms with Crippen LogP contribution in [-0.4, -0.2) is 33.4 Å². The van der Waals surface area contributed by atoms with Crippen molar-refractivity contribution in [3.05, 3.63) is 71.9 Å². The molecule has 2 heterocycles. The molecule has 0 aliphatic carbocycles. The van der Waals surface area contributed by atoms with Crippen LogP contribution in [0, 0.1) is 5.92 Å². The number of fused-ring (bicyclic) bond motifs is 3. The van der Waals surface area contributed by atoms with Crippen molar-refractivity contribution in [3.63, 3.8) is 0 Å². The van der Waals surface area contributed by atoms with Crippen molar-refractivity contribution in [2.75, 3.05) is 6.54 Å². The summed E-state index contributed by atoms with van der Waals surface area (Å²) in [5, 5.41) is 4.10. The van der Waals surface area contributed by atoms with Crippen LogP contribution in [0.1, 0.15) is 43.2 Å². The van der Waals surface area contributed by atoms with Gasteiger partial charge in [-0.25, -0.2) is 0 Å². The van der Waals surface area contributed by atoms with Gasteiger partial charge in [-0.2, -0.15) is 0 Å². The van der Waals surface area contributed by atoms with Gasteiger partial charge in [0.1, 0.15) is 11.2 Å². The summed E-state index contributed by atoms with van der Waals surface area (Å²) in [6.07, 6.45) is 0.855. The molecule has 0 spiro atoms. The lowest BCUT2D eigenvalue weighted by Crippen LogP contribution is -2.64. The summed E-state index contributed by atoms with van der Waals surface area (Å²) in [7, 11) is 0. The van der Waals surface area contributed by atoms with Crippen LogP contribution in [0.25, 0.3) is 10.9 Å². The van der Waals surface area contributed by atoms with Gasteiger partial charge < -0.3 is 14.8 Å². The number of carbonyl (C=O) groups is 2. The van der Waals surface area contributed by atoms with Crippen LogP contribution in [0.4, 0.5) is 0 Å². The maximum absolute atomic E-state index is 13.5. The molecule has 3 aromatic rings. The third kappa shape index (κ3) is 3.60. The number of carbonyl (C=O) groups excluding carboxylic acids is 2. The van der Waals surface area contributed by atoms with Crippen LogP contribution < -0.4 is 5.32 Å². The SMILES string of the molecule is CC(C)CCN1C(=O)c2cc3ccccc3n2C[C@]1(C)C(=O)NCc1ccccc1. The predicted octanol–water partition coefficient (Wildman–Crippen LogP) is 4.22. The van der Waals surface area contributed by atoms with E-state index >= 15 is 0 Å². The molecule has 5 nitrogen and oxygen atoms in total. The zero-order chi connectivity index (χ0) is 21.3. The van der Waals surface area contributed by atoms with Gasteiger partial charge in [-0.15, -0.1) is 0 Å². The standard InChI is InChI=1S/C25H29N3O2/c1-18(2)13-14-28-23(29)22-15-20-11-7-8-12-21(20)27(22)17-25(28,3)24(30)26-16-19-9-5-4-6-10-19/h4-12,15,18H,13-14,16-17H2,1-3H3,(H,26,30)/t25-/m1/s1. The summed E-state index contributed by atoms with van der Waals surface area (Å²) in [6, 6.07) is 19.8. The lowest BCUT2D eigenvalue weighted by atomic mass is 9.93. The molecule has 0 unspecified atom stereocenters. The van der Waals surface area contributed by atoms with Crippen molar-refractivity contribution < 1.29 is 9.59 Å². The number of nitrogens with one attached hydrogen (secondary N) is 1. The minimum absolute atomic E-state index is 0.0736. The first-order valence-electron chi connectivity index (χ1n) is 10.6. The molecule has 1 N–H and O–H groups in total. The summed E-state index contributed by atoms with van der Waals surface area (Å²) in [6.45, 7) is 7.62. The van der Waals surface area contributed by atoms with Gasteiger partial charge in [0.15, 0.2) is 0 Å². The molecule has 30 heavy (non-hydrogen) atoms. The quantitative estimate of drug-likeness (QED) is 0.670. The Bertz CT molecular complexity index is 1070. The molecular weight excluding hydrogens is 374 g/mol. The second-order valence-corrected chi connectivity index (χ2v) is 8.76. The second kappa shape index (κ2) is 7.98. The van der Waals surface area contributed by atoms with E-state index in [2.05, 4.69) is 19.2 Å². The zero-order valence-electron chi connectivity index (χ0n) is 17.9. The van der Waals surface area contributed by atoms with E-state index in [0.717, 1.165) is 22.9 Å². The Morgan fingerprint density at radius 1 is 1.10 bits per heavy atom. The van der Waals surface area contributed by atoms with Crippen LogP contribution in [0.3, 0.4) is 0 Å². The molecule has 1 aromatic heterocycles. The summed E-state index contributed by atoms with van der Waals surface area (Å²) in [5.74, 6) is 0.254. The molecule has 0 fully saturated rings. The first-order valence-corrected chi connectivity index (χ1v) is 10.6. The molecule has 0 bridgehead atoms. The van der Waals surface area contributed by atoms with Crippen LogP contribution >= 0.6 is 0 Å². The van der Waals surface area contributed by atoms with E-state index in [0.29, 0.717) is 31.2 Å². The van der Waals surface area contributed by atoms with Crippen LogP contribution in [0.15, 0.2) is 60.7 Å². The lowest BCUT2D eigenvalue weighted by molar-refractivity contribution is -0.133. The number of hydrogen-bond donors (Lipinski definition) is 1. The highest BCUT2D eigenvalue weighted by Gasteiger charge is 2.47. The first kappa shape index (κ1) is 20.2. The molecular formula is C25H29N3O2. The number of amides is 2. The van der Waals surface area contributed by atoms with Crippen molar-refractivity contribution in [1.82, 2.24) is 14.8 Å². The normalized spacial score (nSPS) is 18.7. The van der Waals surface area contributed by atoms with Gasteiger partial charge >= 0.3 is 0 Å². The average Bonchev–Trinajstić information content (AvgIpc) is 3.11. The van der Waals surface area contributed by atoms with Gasteiger partial charge in [0, 0.05) is 24.0 Å². The van der Waals surface area contributed by atoms with E-state index in [1.54, 1.807) is 4.90 Å². The predicted molar refractivity (Wildman–Crippen MR) is 119 cm³/mol. The summed E-state index contributed by atoms with van der Waals surface area (Å²) < 4.78 is 2.01. The molecule has 0 saturated heterocycles. The molecule has 0 radical (unpaired) electrons. The summed E-state index contributed by atoms with van der Waals surface area (Å²) >= 11 is 0. The van der Waals surface area contributed by atoms with E-state index in [1.165, 1.54) is 0 Å². The van der Waals surface area contributed by atoms with Crippen molar-refractivity contribution in [2.45, 2.75) is 45.8 Å². The fourth-order valence-electron chi connectivity index (χ4n) is 4.21. The van der Waals surface area contributed by atoms with Crippen LogP contribution in [-0.2, 0) is 17.9 Å². The van der Waals surface area contributed by atoms with Crippen molar-refractivity contribution in [1.29, 1.82) is 0 Å². The number of rotatable bonds is 6. The van der Waals surface area contributed by atoms with Gasteiger partial charge in [-0.1, -0.05) is 62.4 Å². The van der Waals surface area contributed by atoms with Gasteiger partial charge in [0.2, 0.25) is 5.91 Å². The van der Waals surface area contributed by atoms with Crippen LogP contribution in [0.2, 0.25) is 0 Å². The molecule has 2 aromatic carbocycles. The van der Waals surface area contributed by atoms with Crippen molar-refractivity contribution in [3.8, 4) is 0 Å². The average molecular weight is 404 g/mol. The van der Waals surface area contributed by atoms with Gasteiger partial charge in [-0.05, 0) is 37.0 Å². The van der Waals surface area contributed by atoms with Crippen molar-refractivity contribution in [2.24, 2.45) is 5.92 Å². The monoisotopic (exact) mass is 403 g/mol. The fourth-order valence-corrected chi connectivity index (χ4v) is 4.21. The smallest absolute Gasteiger partial charge is 0.271 e. The van der Waals surface area contributed by atoms with E-state index in [1.807, 2.05) is 72.2 Å². The lowest BCUT2D eigenvalue weighted by Gasteiger charge is -2.44. The first-order chi connectivity index (χ1) is 14.4. The number of hydrogen-bond acceptors (Lipinski definition) is 2.